The van der Waals surface area contributed by atoms with Gasteiger partial charge in [-0.1, -0.05) is 12.1 Å². The van der Waals surface area contributed by atoms with Gasteiger partial charge in [0.2, 0.25) is 17.8 Å². The van der Waals surface area contributed by atoms with Gasteiger partial charge >= 0.3 is 0 Å². The van der Waals surface area contributed by atoms with E-state index in [1.54, 1.807) is 24.4 Å². The van der Waals surface area contributed by atoms with Gasteiger partial charge < -0.3 is 19.6 Å². The number of aromatic nitrogens is 3. The lowest BCUT2D eigenvalue weighted by molar-refractivity contribution is 0.122. The maximum Gasteiger partial charge on any atom is 0.250 e. The van der Waals surface area contributed by atoms with Gasteiger partial charge in [0, 0.05) is 31.7 Å². The SMILES string of the molecule is Oc1ccccc1/C=N\Nc1nc(N2CCCC2)nc(N2CCOCC2)n1. The van der Waals surface area contributed by atoms with E-state index in [2.05, 4.69) is 35.3 Å². The van der Waals surface area contributed by atoms with Crippen molar-refractivity contribution in [2.24, 2.45) is 5.10 Å². The largest absolute Gasteiger partial charge is 0.507 e. The number of phenols is 1. The molecule has 27 heavy (non-hydrogen) atoms. The number of para-hydroxylation sites is 1. The molecule has 9 nitrogen and oxygen atoms in total. The molecule has 9 heteroatoms. The average molecular weight is 369 g/mol. The highest BCUT2D eigenvalue weighted by atomic mass is 16.5. The number of morpholine rings is 1. The van der Waals surface area contributed by atoms with E-state index in [0.29, 0.717) is 36.6 Å². The minimum atomic E-state index is 0.172. The molecule has 0 aliphatic carbocycles. The van der Waals surface area contributed by atoms with Crippen LogP contribution in [0.1, 0.15) is 18.4 Å². The zero-order valence-corrected chi connectivity index (χ0v) is 15.1. The maximum absolute atomic E-state index is 9.82. The zero-order valence-electron chi connectivity index (χ0n) is 15.1. The Morgan fingerprint density at radius 3 is 2.33 bits per heavy atom. The fourth-order valence-electron chi connectivity index (χ4n) is 3.12. The lowest BCUT2D eigenvalue weighted by Gasteiger charge is -2.27. The molecule has 3 heterocycles. The molecule has 1 aromatic heterocycles. The first kappa shape index (κ1) is 17.5. The standard InChI is InChI=1S/C18H23N7O2/c26-15-6-2-1-5-14(15)13-19-23-16-20-17(24-7-3-4-8-24)22-18(21-16)25-9-11-27-12-10-25/h1-2,5-6,13,26H,3-4,7-12H2,(H,20,21,22,23)/b19-13-. The summed E-state index contributed by atoms with van der Waals surface area (Å²) in [6.45, 7) is 4.74. The molecular formula is C18H23N7O2. The number of nitrogens with one attached hydrogen (secondary N) is 1. The Balaban J connectivity index is 1.56. The normalized spacial score (nSPS) is 17.6. The van der Waals surface area contributed by atoms with Crippen molar-refractivity contribution in [1.82, 2.24) is 15.0 Å². The number of aromatic hydroxyl groups is 1. The molecule has 0 spiro atoms. The van der Waals surface area contributed by atoms with Crippen molar-refractivity contribution >= 4 is 24.1 Å². The van der Waals surface area contributed by atoms with Crippen LogP contribution >= 0.6 is 0 Å². The third-order valence-corrected chi connectivity index (χ3v) is 4.60. The van der Waals surface area contributed by atoms with E-state index < -0.39 is 0 Å². The summed E-state index contributed by atoms with van der Waals surface area (Å²) in [5.74, 6) is 1.87. The number of nitrogens with zero attached hydrogens (tertiary/aromatic N) is 6. The van der Waals surface area contributed by atoms with Crippen LogP contribution in [0, 0.1) is 0 Å². The fraction of sp³-hybridized carbons (Fsp3) is 0.444. The van der Waals surface area contributed by atoms with Gasteiger partial charge in [0.05, 0.1) is 19.4 Å². The van der Waals surface area contributed by atoms with Gasteiger partial charge in [-0.3, -0.25) is 0 Å². The maximum atomic E-state index is 9.82. The van der Waals surface area contributed by atoms with Crippen molar-refractivity contribution < 1.29 is 9.84 Å². The number of hydrazone groups is 1. The Kier molecular flexibility index (Phi) is 5.29. The van der Waals surface area contributed by atoms with Crippen LogP contribution < -0.4 is 15.2 Å². The molecule has 2 aliphatic heterocycles. The molecule has 142 valence electrons. The molecule has 0 bridgehead atoms. The van der Waals surface area contributed by atoms with Crippen molar-refractivity contribution in [2.45, 2.75) is 12.8 Å². The number of rotatable bonds is 5. The summed E-state index contributed by atoms with van der Waals surface area (Å²) in [5.41, 5.74) is 3.49. The minimum absolute atomic E-state index is 0.172. The van der Waals surface area contributed by atoms with E-state index in [1.807, 2.05) is 6.07 Å². The topological polar surface area (TPSA) is 99.0 Å². The Morgan fingerprint density at radius 1 is 0.963 bits per heavy atom. The second-order valence-corrected chi connectivity index (χ2v) is 6.48. The molecule has 0 radical (unpaired) electrons. The summed E-state index contributed by atoms with van der Waals surface area (Å²) in [5, 5.41) is 14.0. The van der Waals surface area contributed by atoms with Gasteiger partial charge in [-0.15, -0.1) is 0 Å². The number of ether oxygens (including phenoxy) is 1. The number of hydrogen-bond acceptors (Lipinski definition) is 9. The molecular weight excluding hydrogens is 346 g/mol. The molecule has 2 saturated heterocycles. The Morgan fingerprint density at radius 2 is 1.63 bits per heavy atom. The highest BCUT2D eigenvalue weighted by Gasteiger charge is 2.21. The molecule has 2 fully saturated rings. The van der Waals surface area contributed by atoms with Crippen LogP contribution in [0.25, 0.3) is 0 Å². The van der Waals surface area contributed by atoms with Gasteiger partial charge in [0.1, 0.15) is 5.75 Å². The van der Waals surface area contributed by atoms with E-state index in [4.69, 9.17) is 4.74 Å². The number of benzene rings is 1. The summed E-state index contributed by atoms with van der Waals surface area (Å²) in [7, 11) is 0. The second-order valence-electron chi connectivity index (χ2n) is 6.48. The van der Waals surface area contributed by atoms with Gasteiger partial charge in [0.15, 0.2) is 0 Å². The van der Waals surface area contributed by atoms with E-state index >= 15 is 0 Å². The highest BCUT2D eigenvalue weighted by molar-refractivity contribution is 5.83. The quantitative estimate of drug-likeness (QED) is 0.604. The molecule has 2 aromatic rings. The zero-order chi connectivity index (χ0) is 18.5. The molecule has 2 aliphatic rings. The molecule has 0 unspecified atom stereocenters. The summed E-state index contributed by atoms with van der Waals surface area (Å²) in [6, 6.07) is 7.00. The van der Waals surface area contributed by atoms with Crippen LogP contribution in [-0.2, 0) is 4.74 Å². The Hall–Kier alpha value is -2.94. The molecule has 2 N–H and O–H groups in total. The van der Waals surface area contributed by atoms with Crippen LogP contribution in [0.15, 0.2) is 29.4 Å². The Bertz CT molecular complexity index is 802. The average Bonchev–Trinajstić information content (AvgIpc) is 3.25. The first-order valence-corrected chi connectivity index (χ1v) is 9.20. The van der Waals surface area contributed by atoms with E-state index in [-0.39, 0.29) is 5.75 Å². The van der Waals surface area contributed by atoms with Crippen molar-refractivity contribution in [3.63, 3.8) is 0 Å². The smallest absolute Gasteiger partial charge is 0.250 e. The molecule has 0 amide bonds. The lowest BCUT2D eigenvalue weighted by Crippen LogP contribution is -2.38. The molecule has 1 aromatic carbocycles. The molecule has 0 atom stereocenters. The van der Waals surface area contributed by atoms with Crippen molar-refractivity contribution in [2.75, 3.05) is 54.6 Å². The van der Waals surface area contributed by atoms with Gasteiger partial charge in [0.25, 0.3) is 0 Å². The number of phenolic OH excluding ortho intramolecular Hbond substituents is 1. The van der Waals surface area contributed by atoms with Crippen LogP contribution in [0.5, 0.6) is 5.75 Å². The lowest BCUT2D eigenvalue weighted by atomic mass is 10.2. The predicted octanol–water partition coefficient (Wildman–Crippen LogP) is 1.46. The monoisotopic (exact) mass is 369 g/mol. The molecule has 4 rings (SSSR count). The summed E-state index contributed by atoms with van der Waals surface area (Å²) >= 11 is 0. The number of anilines is 3. The first-order valence-electron chi connectivity index (χ1n) is 9.20. The van der Waals surface area contributed by atoms with E-state index in [1.165, 1.54) is 0 Å². The van der Waals surface area contributed by atoms with Crippen LogP contribution in [0.3, 0.4) is 0 Å². The second kappa shape index (κ2) is 8.17. The van der Waals surface area contributed by atoms with E-state index in [9.17, 15) is 5.11 Å². The van der Waals surface area contributed by atoms with Gasteiger partial charge in [-0.25, -0.2) is 5.43 Å². The van der Waals surface area contributed by atoms with Gasteiger partial charge in [-0.05, 0) is 25.0 Å². The third-order valence-electron chi connectivity index (χ3n) is 4.60. The minimum Gasteiger partial charge on any atom is -0.507 e. The summed E-state index contributed by atoms with van der Waals surface area (Å²) in [4.78, 5) is 18.0. The van der Waals surface area contributed by atoms with Crippen molar-refractivity contribution in [1.29, 1.82) is 0 Å². The fourth-order valence-corrected chi connectivity index (χ4v) is 3.12. The van der Waals surface area contributed by atoms with Gasteiger partial charge in [-0.2, -0.15) is 20.1 Å². The van der Waals surface area contributed by atoms with Crippen LogP contribution in [-0.4, -0.2) is 65.7 Å². The van der Waals surface area contributed by atoms with Crippen LogP contribution in [0.4, 0.5) is 17.8 Å². The van der Waals surface area contributed by atoms with Crippen molar-refractivity contribution in [3.8, 4) is 5.75 Å². The van der Waals surface area contributed by atoms with Crippen molar-refractivity contribution in [3.05, 3.63) is 29.8 Å². The summed E-state index contributed by atoms with van der Waals surface area (Å²) < 4.78 is 5.42. The Labute approximate surface area is 157 Å². The first-order chi connectivity index (χ1) is 13.3. The van der Waals surface area contributed by atoms with E-state index in [0.717, 1.165) is 39.0 Å². The molecule has 0 saturated carbocycles. The predicted molar refractivity (Wildman–Crippen MR) is 104 cm³/mol. The highest BCUT2D eigenvalue weighted by Crippen LogP contribution is 2.21. The van der Waals surface area contributed by atoms with Crippen LogP contribution in [0.2, 0.25) is 0 Å². The third kappa shape index (κ3) is 4.25. The summed E-state index contributed by atoms with van der Waals surface area (Å²) in [6.07, 6.45) is 3.84. The number of hydrogen-bond donors (Lipinski definition) is 2.